The minimum Gasteiger partial charge on any atom is -0.496 e. The number of carbonyl (C=O) groups excluding carboxylic acids is 1. The van der Waals surface area contributed by atoms with Crippen LogP contribution in [-0.2, 0) is 4.94 Å². The van der Waals surface area contributed by atoms with Crippen LogP contribution in [0, 0.1) is 0 Å². The molecule has 0 saturated heterocycles. The quantitative estimate of drug-likeness (QED) is 0.804. The van der Waals surface area contributed by atoms with Crippen LogP contribution < -0.4 is 9.47 Å². The van der Waals surface area contributed by atoms with Gasteiger partial charge in [0.05, 0.1) is 7.11 Å². The molecule has 0 unspecified atom stereocenters. The van der Waals surface area contributed by atoms with Gasteiger partial charge in [0.1, 0.15) is 17.1 Å². The number of methoxy groups -OCH3 is 1. The van der Waals surface area contributed by atoms with Gasteiger partial charge in [0, 0.05) is 4.53 Å². The van der Waals surface area contributed by atoms with Crippen LogP contribution >= 0.6 is 0 Å². The van der Waals surface area contributed by atoms with E-state index in [0.29, 0.717) is 0 Å². The third-order valence-corrected chi connectivity index (χ3v) is 1.70. The van der Waals surface area contributed by atoms with Crippen molar-refractivity contribution >= 4 is 5.97 Å². The second-order valence-electron chi connectivity index (χ2n) is 2.58. The van der Waals surface area contributed by atoms with Crippen LogP contribution in [-0.4, -0.2) is 19.7 Å². The van der Waals surface area contributed by atoms with E-state index in [-0.39, 0.29) is 5.75 Å². The van der Waals surface area contributed by atoms with Gasteiger partial charge in [-0.3, -0.25) is 0 Å². The van der Waals surface area contributed by atoms with Gasteiger partial charge in [-0.05, 0) is 12.1 Å². The summed E-state index contributed by atoms with van der Waals surface area (Å²) in [6.07, 6.45) is 0. The van der Waals surface area contributed by atoms with Gasteiger partial charge in [0.2, 0.25) is 0 Å². The molecule has 7 heteroatoms. The Balaban J connectivity index is 3.20. The summed E-state index contributed by atoms with van der Waals surface area (Å²) in [6.45, 7) is -3.14. The van der Waals surface area contributed by atoms with Crippen LogP contribution in [0.5, 0.6) is 11.5 Å². The molecule has 0 bridgehead atoms. The van der Waals surface area contributed by atoms with Gasteiger partial charge in [-0.15, -0.1) is 0 Å². The fraction of sp³-hybridized carbons (Fsp3) is 0.222. The van der Waals surface area contributed by atoms with Crippen LogP contribution in [0.25, 0.3) is 0 Å². The highest BCUT2D eigenvalue weighted by atomic mass is 19.3. The zero-order valence-electron chi connectivity index (χ0n) is 8.08. The van der Waals surface area contributed by atoms with Crippen LogP contribution in [0.1, 0.15) is 10.4 Å². The van der Waals surface area contributed by atoms with Gasteiger partial charge < -0.3 is 9.47 Å². The number of ether oxygens (including phenoxy) is 2. The topological polar surface area (TPSA) is 44.8 Å². The van der Waals surface area contributed by atoms with E-state index in [1.807, 2.05) is 0 Å². The summed E-state index contributed by atoms with van der Waals surface area (Å²) < 4.78 is 44.5. The minimum absolute atomic E-state index is 0.124. The summed E-state index contributed by atoms with van der Waals surface area (Å²) in [5.41, 5.74) is -0.534. The van der Waals surface area contributed by atoms with Crippen molar-refractivity contribution in [2.75, 3.05) is 7.11 Å². The Labute approximate surface area is 88.4 Å². The molecule has 0 aliphatic heterocycles. The molecule has 0 radical (unpaired) electrons. The Morgan fingerprint density at radius 1 is 1.31 bits per heavy atom. The first-order valence-corrected chi connectivity index (χ1v) is 4.05. The fourth-order valence-corrected chi connectivity index (χ4v) is 1.12. The maximum atomic E-state index is 12.0. The van der Waals surface area contributed by atoms with Crippen molar-refractivity contribution in [2.24, 2.45) is 0 Å². The van der Waals surface area contributed by atoms with E-state index in [1.165, 1.54) is 19.2 Å². The minimum atomic E-state index is -3.14. The maximum Gasteiger partial charge on any atom is 0.387 e. The van der Waals surface area contributed by atoms with E-state index in [2.05, 4.69) is 9.68 Å². The third kappa shape index (κ3) is 2.56. The summed E-state index contributed by atoms with van der Waals surface area (Å²) in [5.74, 6) is -2.11. The fourth-order valence-electron chi connectivity index (χ4n) is 1.12. The lowest BCUT2D eigenvalue weighted by molar-refractivity contribution is -0.0808. The van der Waals surface area contributed by atoms with Crippen molar-refractivity contribution in [3.63, 3.8) is 0 Å². The van der Waals surface area contributed by atoms with Gasteiger partial charge in [-0.25, -0.2) is 9.74 Å². The Hall–Kier alpha value is -1.92. The lowest BCUT2D eigenvalue weighted by Gasteiger charge is -2.11. The van der Waals surface area contributed by atoms with E-state index < -0.39 is 23.9 Å². The molecule has 0 aliphatic carbocycles. The number of benzene rings is 1. The lowest BCUT2D eigenvalue weighted by Crippen LogP contribution is -2.09. The number of hydrogen-bond acceptors (Lipinski definition) is 4. The zero-order chi connectivity index (χ0) is 12.1. The van der Waals surface area contributed by atoms with E-state index in [1.54, 1.807) is 0 Å². The third-order valence-electron chi connectivity index (χ3n) is 1.70. The molecule has 0 heterocycles. The lowest BCUT2D eigenvalue weighted by atomic mass is 10.2. The number of alkyl halides is 2. The highest BCUT2D eigenvalue weighted by Crippen LogP contribution is 2.30. The Morgan fingerprint density at radius 2 is 1.94 bits per heavy atom. The van der Waals surface area contributed by atoms with Crippen molar-refractivity contribution in [3.05, 3.63) is 23.8 Å². The highest BCUT2D eigenvalue weighted by Gasteiger charge is 2.22. The average molecular weight is 236 g/mol. The molecule has 0 fully saturated rings. The first-order chi connectivity index (χ1) is 7.60. The second kappa shape index (κ2) is 5.24. The summed E-state index contributed by atoms with van der Waals surface area (Å²) in [5, 5.41) is 0. The molecule has 0 amide bonds. The molecule has 0 spiro atoms. The van der Waals surface area contributed by atoms with E-state index in [4.69, 9.17) is 4.74 Å². The predicted molar refractivity (Wildman–Crippen MR) is 46.1 cm³/mol. The van der Waals surface area contributed by atoms with Crippen molar-refractivity contribution in [3.8, 4) is 11.5 Å². The molecule has 1 aromatic carbocycles. The van der Waals surface area contributed by atoms with E-state index in [9.17, 15) is 18.1 Å². The molecular weight excluding hydrogens is 229 g/mol. The number of halogens is 3. The van der Waals surface area contributed by atoms with Crippen molar-refractivity contribution in [1.29, 1.82) is 0 Å². The molecule has 1 rings (SSSR count). The molecule has 0 saturated carbocycles. The van der Waals surface area contributed by atoms with Gasteiger partial charge in [-0.1, -0.05) is 6.07 Å². The smallest absolute Gasteiger partial charge is 0.387 e. The summed E-state index contributed by atoms with van der Waals surface area (Å²) in [7, 11) is 1.19. The maximum absolute atomic E-state index is 12.0. The first kappa shape index (κ1) is 12.2. The Bertz CT molecular complexity index is 381. The number of rotatable bonds is 4. The molecule has 1 aromatic rings. The molecule has 0 N–H and O–H groups in total. The molecular formula is C9H7F3O4. The first-order valence-electron chi connectivity index (χ1n) is 4.05. The predicted octanol–water partition coefficient (Wildman–Crippen LogP) is 2.34. The summed E-state index contributed by atoms with van der Waals surface area (Å²) in [4.78, 5) is 14.0. The molecule has 4 nitrogen and oxygen atoms in total. The SMILES string of the molecule is COc1cccc(OC(F)F)c1C(=O)OF. The van der Waals surface area contributed by atoms with Crippen molar-refractivity contribution in [1.82, 2.24) is 0 Å². The van der Waals surface area contributed by atoms with Gasteiger partial charge in [0.25, 0.3) is 0 Å². The van der Waals surface area contributed by atoms with Crippen LogP contribution in [0.15, 0.2) is 18.2 Å². The Morgan fingerprint density at radius 3 is 2.44 bits per heavy atom. The van der Waals surface area contributed by atoms with Crippen molar-refractivity contribution < 1.29 is 32.5 Å². The Kier molecular flexibility index (Phi) is 3.98. The van der Waals surface area contributed by atoms with Crippen LogP contribution in [0.2, 0.25) is 0 Å². The monoisotopic (exact) mass is 236 g/mol. The molecule has 16 heavy (non-hydrogen) atoms. The van der Waals surface area contributed by atoms with E-state index in [0.717, 1.165) is 6.07 Å². The highest BCUT2D eigenvalue weighted by molar-refractivity contribution is 5.95. The average Bonchev–Trinajstić information content (AvgIpc) is 2.27. The van der Waals surface area contributed by atoms with Gasteiger partial charge in [-0.2, -0.15) is 8.78 Å². The molecule has 0 aliphatic rings. The van der Waals surface area contributed by atoms with Crippen LogP contribution in [0.3, 0.4) is 0 Å². The molecule has 88 valence electrons. The van der Waals surface area contributed by atoms with Gasteiger partial charge in [0.15, 0.2) is 0 Å². The van der Waals surface area contributed by atoms with Crippen LogP contribution in [0.4, 0.5) is 13.3 Å². The number of carbonyl (C=O) groups is 1. The van der Waals surface area contributed by atoms with E-state index >= 15 is 0 Å². The largest absolute Gasteiger partial charge is 0.496 e. The van der Waals surface area contributed by atoms with Crippen molar-refractivity contribution in [2.45, 2.75) is 6.61 Å². The summed E-state index contributed by atoms with van der Waals surface area (Å²) >= 11 is 0. The zero-order valence-corrected chi connectivity index (χ0v) is 8.08. The van der Waals surface area contributed by atoms with Gasteiger partial charge >= 0.3 is 12.6 Å². The molecule has 0 atom stereocenters. The normalized spacial score (nSPS) is 10.1. The summed E-state index contributed by atoms with van der Waals surface area (Å²) in [6, 6.07) is 3.66. The second-order valence-corrected chi connectivity index (χ2v) is 2.58. The standard InChI is InChI=1S/C9H7F3O4/c1-14-5-3-2-4-6(15-9(10)11)7(5)8(13)16-12/h2-4,9H,1H3. The molecule has 0 aromatic heterocycles. The number of hydrogen-bond donors (Lipinski definition) is 0.